The quantitative estimate of drug-likeness (QED) is 0.331. The van der Waals surface area contributed by atoms with E-state index in [4.69, 9.17) is 0 Å². The van der Waals surface area contributed by atoms with Gasteiger partial charge in [0.05, 0.1) is 0 Å². The third-order valence-corrected chi connectivity index (χ3v) is 0.408. The Morgan fingerprint density at radius 3 is 2.00 bits per heavy atom. The fourth-order valence-corrected chi connectivity index (χ4v) is 0. The van der Waals surface area contributed by atoms with Crippen molar-refractivity contribution in [3.8, 4) is 0 Å². The molecule has 0 heterocycles. The van der Waals surface area contributed by atoms with E-state index in [0.29, 0.717) is 0 Å². The molecule has 28 valence electrons. The largest absolute Gasteiger partial charge is 2.00 e. The minimum atomic E-state index is 0. The predicted octanol–water partition coefficient (Wildman–Crippen LogP) is 1.35. The van der Waals surface area contributed by atoms with Crippen molar-refractivity contribution in [2.75, 3.05) is 0 Å². The van der Waals surface area contributed by atoms with E-state index in [1.807, 2.05) is 0 Å². The normalized spacial score (nSPS) is 6.00. The summed E-state index contributed by atoms with van der Waals surface area (Å²) < 4.78 is 0. The number of hydrogen-bond acceptors (Lipinski definition) is 0. The molecule has 0 nitrogen and oxygen atoms in total. The van der Waals surface area contributed by atoms with Gasteiger partial charge in [0.1, 0.15) is 0 Å². The molecule has 0 aromatic heterocycles. The SMILES string of the molecule is C[CH-]CC.[H-].[Mg+2]. The Kier molecular flexibility index (Phi) is 16.3. The van der Waals surface area contributed by atoms with Crippen LogP contribution in [0.25, 0.3) is 0 Å². The minimum Gasteiger partial charge on any atom is -1.00 e. The third-order valence-electron chi connectivity index (χ3n) is 0.408. The Bertz CT molecular complexity index is 9.51. The Morgan fingerprint density at radius 2 is 2.00 bits per heavy atom. The van der Waals surface area contributed by atoms with Crippen LogP contribution >= 0.6 is 0 Å². The minimum absolute atomic E-state index is 0. The maximum absolute atomic E-state index is 2.12. The number of hydrogen-bond donors (Lipinski definition) is 0. The molecule has 0 saturated carbocycles. The molecule has 1 heteroatoms. The molecule has 0 aromatic rings. The third kappa shape index (κ3) is 11.7. The topological polar surface area (TPSA) is 0 Å². The van der Waals surface area contributed by atoms with Crippen LogP contribution in [-0.2, 0) is 0 Å². The second kappa shape index (κ2) is 8.84. The summed E-state index contributed by atoms with van der Waals surface area (Å²) in [5, 5.41) is 0. The molecule has 0 fully saturated rings. The van der Waals surface area contributed by atoms with Crippen LogP contribution in [0.4, 0.5) is 0 Å². The Balaban J connectivity index is -0.0000000450. The van der Waals surface area contributed by atoms with Crippen LogP contribution in [0.15, 0.2) is 0 Å². The van der Waals surface area contributed by atoms with E-state index in [2.05, 4.69) is 20.3 Å². The summed E-state index contributed by atoms with van der Waals surface area (Å²) >= 11 is 0. The fraction of sp³-hybridized carbons (Fsp3) is 0.750. The molecule has 0 saturated heterocycles. The van der Waals surface area contributed by atoms with Gasteiger partial charge in [-0.3, -0.25) is 0 Å². The molecule has 0 atom stereocenters. The van der Waals surface area contributed by atoms with Gasteiger partial charge < -0.3 is 7.85 Å². The maximum atomic E-state index is 2.12. The van der Waals surface area contributed by atoms with Crippen LogP contribution in [0.5, 0.6) is 0 Å². The van der Waals surface area contributed by atoms with Gasteiger partial charge in [-0.25, -0.2) is 0 Å². The molecule has 0 aliphatic rings. The van der Waals surface area contributed by atoms with Gasteiger partial charge in [-0.1, -0.05) is 6.92 Å². The first kappa shape index (κ1) is 9.23. The fourth-order valence-electron chi connectivity index (χ4n) is 0. The average Bonchev–Trinajstić information content (AvgIpc) is 1.37. The summed E-state index contributed by atoms with van der Waals surface area (Å²) in [7, 11) is 0. The van der Waals surface area contributed by atoms with Gasteiger partial charge in [0, 0.05) is 0 Å². The summed E-state index contributed by atoms with van der Waals surface area (Å²) in [6, 6.07) is 0. The summed E-state index contributed by atoms with van der Waals surface area (Å²) in [6.45, 7) is 4.18. The van der Waals surface area contributed by atoms with Crippen molar-refractivity contribution in [3.63, 3.8) is 0 Å². The molecule has 0 spiro atoms. The zero-order valence-electron chi connectivity index (χ0n) is 4.99. The molecule has 5 heavy (non-hydrogen) atoms. The Hall–Kier alpha value is 0.766. The van der Waals surface area contributed by atoms with Gasteiger partial charge in [-0.15, -0.1) is 0 Å². The molecular formula is C4H10Mg. The standard InChI is InChI=1S/C4H9.Mg.H/c1-3-4-2;;/h3H,4H2,1-2H3;;/q-1;+2;-1. The van der Waals surface area contributed by atoms with E-state index >= 15 is 0 Å². The second-order valence-corrected chi connectivity index (χ2v) is 0.816. The van der Waals surface area contributed by atoms with Crippen molar-refractivity contribution in [1.29, 1.82) is 0 Å². The second-order valence-electron chi connectivity index (χ2n) is 0.816. The van der Waals surface area contributed by atoms with Crippen LogP contribution in [0, 0.1) is 6.42 Å². The van der Waals surface area contributed by atoms with Crippen LogP contribution in [0.1, 0.15) is 21.7 Å². The molecule has 0 unspecified atom stereocenters. The average molecular weight is 82.4 g/mol. The van der Waals surface area contributed by atoms with Crippen LogP contribution in [0.2, 0.25) is 0 Å². The summed E-state index contributed by atoms with van der Waals surface area (Å²) in [4.78, 5) is 0. The predicted molar refractivity (Wildman–Crippen MR) is 27.1 cm³/mol. The van der Waals surface area contributed by atoms with Gasteiger partial charge in [0.15, 0.2) is 0 Å². The molecule has 0 aliphatic heterocycles. The zero-order valence-corrected chi connectivity index (χ0v) is 5.41. The van der Waals surface area contributed by atoms with Crippen molar-refractivity contribution < 1.29 is 1.43 Å². The molecule has 0 bridgehead atoms. The van der Waals surface area contributed by atoms with Gasteiger partial charge in [-0.05, 0) is 0 Å². The van der Waals surface area contributed by atoms with Gasteiger partial charge in [0.2, 0.25) is 0 Å². The molecule has 0 aliphatic carbocycles. The van der Waals surface area contributed by atoms with Gasteiger partial charge in [0.25, 0.3) is 0 Å². The van der Waals surface area contributed by atoms with Crippen LogP contribution in [0.3, 0.4) is 0 Å². The molecular weight excluding hydrogens is 72.3 g/mol. The van der Waals surface area contributed by atoms with E-state index in [0.717, 1.165) is 0 Å². The Morgan fingerprint density at radius 1 is 1.80 bits per heavy atom. The van der Waals surface area contributed by atoms with Crippen molar-refractivity contribution in [1.82, 2.24) is 0 Å². The van der Waals surface area contributed by atoms with Crippen LogP contribution in [-0.4, -0.2) is 23.1 Å². The molecule has 0 radical (unpaired) electrons. The summed E-state index contributed by atoms with van der Waals surface area (Å²) in [5.74, 6) is 0. The van der Waals surface area contributed by atoms with E-state index in [9.17, 15) is 0 Å². The summed E-state index contributed by atoms with van der Waals surface area (Å²) in [5.41, 5.74) is 0. The molecule has 0 rings (SSSR count). The van der Waals surface area contributed by atoms with Crippen LogP contribution < -0.4 is 0 Å². The molecule has 0 N–H and O–H groups in total. The van der Waals surface area contributed by atoms with E-state index < -0.39 is 0 Å². The van der Waals surface area contributed by atoms with Crippen molar-refractivity contribution >= 4 is 23.1 Å². The van der Waals surface area contributed by atoms with E-state index in [1.165, 1.54) is 6.42 Å². The smallest absolute Gasteiger partial charge is 1.00 e. The monoisotopic (exact) mass is 82.1 g/mol. The van der Waals surface area contributed by atoms with Gasteiger partial charge >= 0.3 is 23.1 Å². The van der Waals surface area contributed by atoms with Crippen molar-refractivity contribution in [2.24, 2.45) is 0 Å². The first-order chi connectivity index (χ1) is 1.91. The molecule has 0 aromatic carbocycles. The first-order valence-electron chi connectivity index (χ1n) is 1.69. The van der Waals surface area contributed by atoms with Crippen molar-refractivity contribution in [2.45, 2.75) is 20.3 Å². The van der Waals surface area contributed by atoms with E-state index in [-0.39, 0.29) is 24.5 Å². The first-order valence-corrected chi connectivity index (χ1v) is 1.69. The number of unbranched alkanes of at least 4 members (excludes halogenated alkanes) is 1. The van der Waals surface area contributed by atoms with E-state index in [1.54, 1.807) is 0 Å². The molecule has 0 amide bonds. The summed E-state index contributed by atoms with van der Waals surface area (Å²) in [6.07, 6.45) is 3.32. The zero-order chi connectivity index (χ0) is 3.41. The maximum Gasteiger partial charge on any atom is 2.00 e. The van der Waals surface area contributed by atoms with Crippen molar-refractivity contribution in [3.05, 3.63) is 6.42 Å². The van der Waals surface area contributed by atoms with Gasteiger partial charge in [-0.2, -0.15) is 13.3 Å². The number of rotatable bonds is 1. The Labute approximate surface area is 51.6 Å².